The number of carbonyl (C=O) groups excluding carboxylic acids is 1. The van der Waals surface area contributed by atoms with Gasteiger partial charge in [-0.2, -0.15) is 0 Å². The van der Waals surface area contributed by atoms with E-state index in [1.807, 2.05) is 11.8 Å². The highest BCUT2D eigenvalue weighted by Crippen LogP contribution is 2.12. The van der Waals surface area contributed by atoms with Crippen LogP contribution in [0.15, 0.2) is 0 Å². The summed E-state index contributed by atoms with van der Waals surface area (Å²) >= 11 is 0. The van der Waals surface area contributed by atoms with E-state index in [0.29, 0.717) is 0 Å². The molecule has 1 atom stereocenters. The van der Waals surface area contributed by atoms with Crippen LogP contribution in [0.5, 0.6) is 0 Å². The molecule has 0 spiro atoms. The van der Waals surface area contributed by atoms with Crippen molar-refractivity contribution in [1.29, 1.82) is 0 Å². The van der Waals surface area contributed by atoms with E-state index in [-0.39, 0.29) is 11.9 Å². The lowest BCUT2D eigenvalue weighted by atomic mass is 10.2. The van der Waals surface area contributed by atoms with Gasteiger partial charge in [0.1, 0.15) is 0 Å². The predicted octanol–water partition coefficient (Wildman–Crippen LogP) is -0.451. The number of carbonyl (C=O) groups is 1. The van der Waals surface area contributed by atoms with Gasteiger partial charge in [0, 0.05) is 26.2 Å². The van der Waals surface area contributed by atoms with Crippen molar-refractivity contribution < 1.29 is 9.53 Å². The summed E-state index contributed by atoms with van der Waals surface area (Å²) in [5.74, 6) is 0.280. The predicted molar refractivity (Wildman–Crippen MR) is 48.4 cm³/mol. The van der Waals surface area contributed by atoms with Crippen molar-refractivity contribution in [3.63, 3.8) is 0 Å². The van der Waals surface area contributed by atoms with E-state index in [9.17, 15) is 4.79 Å². The Morgan fingerprint density at radius 2 is 1.85 bits per heavy atom. The molecule has 0 aromatic carbocycles. The molecule has 2 fully saturated rings. The minimum Gasteiger partial charge on any atom is -0.379 e. The second-order valence-corrected chi connectivity index (χ2v) is 3.65. The van der Waals surface area contributed by atoms with Crippen molar-refractivity contribution >= 4 is 5.91 Å². The van der Waals surface area contributed by atoms with E-state index < -0.39 is 0 Å². The highest BCUT2D eigenvalue weighted by atomic mass is 16.5. The number of hydrogen-bond donors (Lipinski definition) is 0. The van der Waals surface area contributed by atoms with Crippen molar-refractivity contribution in [2.75, 3.05) is 39.4 Å². The van der Waals surface area contributed by atoms with Gasteiger partial charge in [0.2, 0.25) is 5.91 Å². The third-order valence-electron chi connectivity index (χ3n) is 2.71. The number of nitrogens with zero attached hydrogens (tertiary/aromatic N) is 2. The van der Waals surface area contributed by atoms with Crippen LogP contribution < -0.4 is 0 Å². The summed E-state index contributed by atoms with van der Waals surface area (Å²) in [6.07, 6.45) is 0. The molecule has 2 saturated heterocycles. The summed E-state index contributed by atoms with van der Waals surface area (Å²) < 4.78 is 5.24. The molecule has 0 saturated carbocycles. The van der Waals surface area contributed by atoms with Crippen LogP contribution in [-0.4, -0.2) is 61.1 Å². The Labute approximate surface area is 78.4 Å². The van der Waals surface area contributed by atoms with Crippen LogP contribution in [0.1, 0.15) is 6.92 Å². The van der Waals surface area contributed by atoms with Gasteiger partial charge in [-0.3, -0.25) is 9.69 Å². The summed E-state index contributed by atoms with van der Waals surface area (Å²) in [7, 11) is 0. The molecule has 0 aromatic heterocycles. The van der Waals surface area contributed by atoms with Crippen LogP contribution in [0.3, 0.4) is 0 Å². The van der Waals surface area contributed by atoms with Crippen LogP contribution in [0.2, 0.25) is 0 Å². The maximum absolute atomic E-state index is 11.6. The Morgan fingerprint density at radius 1 is 1.23 bits per heavy atom. The minimum absolute atomic E-state index is 0.0476. The molecule has 2 rings (SSSR count). The van der Waals surface area contributed by atoms with Gasteiger partial charge in [0.15, 0.2) is 0 Å². The molecule has 0 radical (unpaired) electrons. The lowest BCUT2D eigenvalue weighted by molar-refractivity contribution is -0.132. The van der Waals surface area contributed by atoms with Crippen LogP contribution in [0, 0.1) is 0 Å². The monoisotopic (exact) mass is 184 g/mol. The molecule has 0 aromatic rings. The first-order valence-electron chi connectivity index (χ1n) is 4.89. The SMILES string of the molecule is CC(C(=O)N1CC1)N1CCOCC1. The molecule has 4 nitrogen and oxygen atoms in total. The first kappa shape index (κ1) is 8.97. The quantitative estimate of drug-likeness (QED) is 0.545. The van der Waals surface area contributed by atoms with Crippen molar-refractivity contribution in [3.8, 4) is 0 Å². The van der Waals surface area contributed by atoms with E-state index in [4.69, 9.17) is 4.74 Å². The fourth-order valence-corrected chi connectivity index (χ4v) is 1.66. The average Bonchev–Trinajstić information content (AvgIpc) is 3.00. The van der Waals surface area contributed by atoms with Gasteiger partial charge in [-0.15, -0.1) is 0 Å². The van der Waals surface area contributed by atoms with E-state index in [1.165, 1.54) is 0 Å². The number of morpholine rings is 1. The van der Waals surface area contributed by atoms with Gasteiger partial charge in [-0.05, 0) is 6.92 Å². The first-order chi connectivity index (χ1) is 6.29. The molecule has 4 heteroatoms. The Kier molecular flexibility index (Phi) is 2.51. The van der Waals surface area contributed by atoms with Crippen LogP contribution in [0.25, 0.3) is 0 Å². The Morgan fingerprint density at radius 3 is 2.38 bits per heavy atom. The maximum atomic E-state index is 11.6. The van der Waals surface area contributed by atoms with Crippen LogP contribution in [0.4, 0.5) is 0 Å². The zero-order valence-corrected chi connectivity index (χ0v) is 8.03. The van der Waals surface area contributed by atoms with Crippen molar-refractivity contribution in [2.45, 2.75) is 13.0 Å². The molecule has 2 aliphatic rings. The fraction of sp³-hybridized carbons (Fsp3) is 0.889. The molecule has 1 unspecified atom stereocenters. The Hall–Kier alpha value is -0.610. The third-order valence-corrected chi connectivity index (χ3v) is 2.71. The summed E-state index contributed by atoms with van der Waals surface area (Å²) in [5, 5.41) is 0. The molecular weight excluding hydrogens is 168 g/mol. The van der Waals surface area contributed by atoms with Gasteiger partial charge in [0.05, 0.1) is 19.3 Å². The summed E-state index contributed by atoms with van der Waals surface area (Å²) in [6, 6.07) is 0.0476. The average molecular weight is 184 g/mol. The third kappa shape index (κ3) is 2.00. The minimum atomic E-state index is 0.0476. The van der Waals surface area contributed by atoms with E-state index in [2.05, 4.69) is 4.90 Å². The van der Waals surface area contributed by atoms with Crippen molar-refractivity contribution in [1.82, 2.24) is 9.80 Å². The summed E-state index contributed by atoms with van der Waals surface area (Å²) in [4.78, 5) is 15.7. The van der Waals surface area contributed by atoms with Crippen LogP contribution in [-0.2, 0) is 9.53 Å². The molecule has 74 valence electrons. The lowest BCUT2D eigenvalue weighted by Gasteiger charge is -2.31. The Balaban J connectivity index is 1.86. The highest BCUT2D eigenvalue weighted by molar-refractivity contribution is 5.83. The van der Waals surface area contributed by atoms with Gasteiger partial charge >= 0.3 is 0 Å². The number of hydrogen-bond acceptors (Lipinski definition) is 3. The zero-order chi connectivity index (χ0) is 9.26. The van der Waals surface area contributed by atoms with E-state index in [1.54, 1.807) is 0 Å². The standard InChI is InChI=1S/C9H16N2O2/c1-8(9(12)11-2-3-11)10-4-6-13-7-5-10/h8H,2-7H2,1H3. The molecule has 13 heavy (non-hydrogen) atoms. The topological polar surface area (TPSA) is 32.5 Å². The lowest BCUT2D eigenvalue weighted by Crippen LogP contribution is -2.47. The van der Waals surface area contributed by atoms with E-state index >= 15 is 0 Å². The summed E-state index contributed by atoms with van der Waals surface area (Å²) in [5.41, 5.74) is 0. The van der Waals surface area contributed by atoms with Crippen molar-refractivity contribution in [3.05, 3.63) is 0 Å². The molecule has 1 amide bonds. The zero-order valence-electron chi connectivity index (χ0n) is 8.03. The van der Waals surface area contributed by atoms with Gasteiger partial charge in [-0.25, -0.2) is 0 Å². The normalized spacial score (nSPS) is 25.8. The largest absolute Gasteiger partial charge is 0.379 e. The molecule has 0 N–H and O–H groups in total. The van der Waals surface area contributed by atoms with E-state index in [0.717, 1.165) is 39.4 Å². The summed E-state index contributed by atoms with van der Waals surface area (Å²) in [6.45, 7) is 7.20. The smallest absolute Gasteiger partial charge is 0.239 e. The van der Waals surface area contributed by atoms with Gasteiger partial charge in [-0.1, -0.05) is 0 Å². The maximum Gasteiger partial charge on any atom is 0.239 e. The highest BCUT2D eigenvalue weighted by Gasteiger charge is 2.32. The Bertz CT molecular complexity index is 198. The number of amides is 1. The molecule has 2 aliphatic heterocycles. The van der Waals surface area contributed by atoms with Crippen LogP contribution >= 0.6 is 0 Å². The second-order valence-electron chi connectivity index (χ2n) is 3.65. The van der Waals surface area contributed by atoms with Crippen molar-refractivity contribution in [2.24, 2.45) is 0 Å². The second kappa shape index (κ2) is 3.64. The van der Waals surface area contributed by atoms with Gasteiger partial charge < -0.3 is 9.64 Å². The molecule has 0 aliphatic carbocycles. The number of ether oxygens (including phenoxy) is 1. The first-order valence-corrected chi connectivity index (χ1v) is 4.89. The molecule has 0 bridgehead atoms. The van der Waals surface area contributed by atoms with Gasteiger partial charge in [0.25, 0.3) is 0 Å². The number of rotatable bonds is 2. The fourth-order valence-electron chi connectivity index (χ4n) is 1.66. The molecule has 2 heterocycles. The molecular formula is C9H16N2O2.